The van der Waals surface area contributed by atoms with Crippen LogP contribution in [0.1, 0.15) is 47.1 Å². The van der Waals surface area contributed by atoms with Crippen LogP contribution in [0.4, 0.5) is 22.7 Å². The zero-order chi connectivity index (χ0) is 24.4. The molecular formula is C27H26N4O3. The van der Waals surface area contributed by atoms with Crippen LogP contribution in [0.2, 0.25) is 0 Å². The van der Waals surface area contributed by atoms with E-state index in [2.05, 4.69) is 16.0 Å². The molecule has 7 nitrogen and oxygen atoms in total. The van der Waals surface area contributed by atoms with Crippen molar-refractivity contribution in [1.29, 1.82) is 0 Å². The standard InChI is InChI=1S/C27H26N4O3/c1-15(2)25(32)18-10-13-22-20(14-18)24(27(34)30-22)16(3)29-19-11-8-17(9-12-19)26(33)31-23-7-5-4-6-21(23)28/h4-15,29H,28H2,1-3H3,(H,30,34)(H,31,33). The molecule has 0 saturated carbocycles. The van der Waals surface area contributed by atoms with Crippen LogP contribution in [0.25, 0.3) is 5.57 Å². The zero-order valence-electron chi connectivity index (χ0n) is 19.2. The van der Waals surface area contributed by atoms with Crippen LogP contribution in [0.5, 0.6) is 0 Å². The van der Waals surface area contributed by atoms with Crippen molar-refractivity contribution in [2.45, 2.75) is 20.8 Å². The first kappa shape index (κ1) is 22.8. The predicted octanol–water partition coefficient (Wildman–Crippen LogP) is 5.16. The number of nitrogen functional groups attached to an aromatic ring is 1. The van der Waals surface area contributed by atoms with Crippen molar-refractivity contribution >= 4 is 45.9 Å². The Kier molecular flexibility index (Phi) is 6.19. The first-order valence-electron chi connectivity index (χ1n) is 11.0. The number of hydrogen-bond acceptors (Lipinski definition) is 5. The highest BCUT2D eigenvalue weighted by atomic mass is 16.2. The van der Waals surface area contributed by atoms with Crippen molar-refractivity contribution in [1.82, 2.24) is 0 Å². The fourth-order valence-corrected chi connectivity index (χ4v) is 3.82. The number of Topliss-reactive ketones (excluding diaryl/α,β-unsaturated/α-hetero) is 1. The number of benzene rings is 3. The number of carbonyl (C=O) groups excluding carboxylic acids is 3. The zero-order valence-corrected chi connectivity index (χ0v) is 19.2. The molecule has 3 aromatic rings. The van der Waals surface area contributed by atoms with Crippen molar-refractivity contribution in [3.63, 3.8) is 0 Å². The molecule has 0 unspecified atom stereocenters. The van der Waals surface area contributed by atoms with Crippen molar-refractivity contribution in [3.8, 4) is 0 Å². The van der Waals surface area contributed by atoms with Crippen molar-refractivity contribution in [2.24, 2.45) is 5.92 Å². The summed E-state index contributed by atoms with van der Waals surface area (Å²) in [7, 11) is 0. The monoisotopic (exact) mass is 454 g/mol. The molecule has 0 bridgehead atoms. The van der Waals surface area contributed by atoms with Crippen LogP contribution in [-0.2, 0) is 4.79 Å². The van der Waals surface area contributed by atoms with E-state index in [0.717, 1.165) is 5.69 Å². The van der Waals surface area contributed by atoms with Gasteiger partial charge in [0.25, 0.3) is 11.8 Å². The number of nitrogens with two attached hydrogens (primary N) is 1. The van der Waals surface area contributed by atoms with Crippen LogP contribution in [-0.4, -0.2) is 17.6 Å². The maximum atomic E-state index is 12.7. The molecule has 1 heterocycles. The molecular weight excluding hydrogens is 428 g/mol. The molecule has 34 heavy (non-hydrogen) atoms. The summed E-state index contributed by atoms with van der Waals surface area (Å²) in [4.78, 5) is 37.7. The maximum absolute atomic E-state index is 12.7. The summed E-state index contributed by atoms with van der Waals surface area (Å²) < 4.78 is 0. The van der Waals surface area contributed by atoms with Crippen molar-refractivity contribution in [3.05, 3.63) is 89.1 Å². The molecule has 1 aliphatic heterocycles. The van der Waals surface area contributed by atoms with Crippen LogP contribution in [0.3, 0.4) is 0 Å². The van der Waals surface area contributed by atoms with Gasteiger partial charge in [0.1, 0.15) is 0 Å². The minimum Gasteiger partial charge on any atom is -0.397 e. The molecule has 7 heteroatoms. The summed E-state index contributed by atoms with van der Waals surface area (Å²) in [6.07, 6.45) is 0. The lowest BCUT2D eigenvalue weighted by Gasteiger charge is -2.12. The van der Waals surface area contributed by atoms with Crippen LogP contribution in [0, 0.1) is 5.92 Å². The number of amides is 2. The lowest BCUT2D eigenvalue weighted by Crippen LogP contribution is -2.13. The first-order valence-corrected chi connectivity index (χ1v) is 11.0. The molecule has 1 aliphatic rings. The third-order valence-corrected chi connectivity index (χ3v) is 5.64. The van der Waals surface area contributed by atoms with Gasteiger partial charge in [-0.25, -0.2) is 0 Å². The Morgan fingerprint density at radius 1 is 0.912 bits per heavy atom. The number of carbonyl (C=O) groups is 3. The molecule has 4 rings (SSSR count). The Bertz CT molecular complexity index is 1320. The summed E-state index contributed by atoms with van der Waals surface area (Å²) in [5.41, 5.74) is 11.2. The van der Waals surface area contributed by atoms with Gasteiger partial charge in [-0.2, -0.15) is 0 Å². The van der Waals surface area contributed by atoms with E-state index < -0.39 is 0 Å². The summed E-state index contributed by atoms with van der Waals surface area (Å²) in [6, 6.07) is 19.2. The number of nitrogens with one attached hydrogen (secondary N) is 3. The fraction of sp³-hybridized carbons (Fsp3) is 0.148. The van der Waals surface area contributed by atoms with Gasteiger partial charge in [-0.1, -0.05) is 26.0 Å². The molecule has 2 amide bonds. The third-order valence-electron chi connectivity index (χ3n) is 5.64. The van der Waals surface area contributed by atoms with E-state index in [1.165, 1.54) is 0 Å². The van der Waals surface area contributed by atoms with E-state index in [4.69, 9.17) is 5.73 Å². The molecule has 0 atom stereocenters. The highest BCUT2D eigenvalue weighted by molar-refractivity contribution is 6.32. The van der Waals surface area contributed by atoms with Crippen LogP contribution < -0.4 is 21.7 Å². The summed E-state index contributed by atoms with van der Waals surface area (Å²) in [6.45, 7) is 5.50. The Hall–Kier alpha value is -4.39. The normalized spacial score (nSPS) is 13.8. The molecule has 0 spiro atoms. The van der Waals surface area contributed by atoms with Crippen LogP contribution in [0.15, 0.2) is 72.4 Å². The van der Waals surface area contributed by atoms with E-state index in [9.17, 15) is 14.4 Å². The van der Waals surface area contributed by atoms with E-state index in [0.29, 0.717) is 45.0 Å². The molecule has 172 valence electrons. The number of rotatable bonds is 6. The van der Waals surface area contributed by atoms with Gasteiger partial charge >= 0.3 is 0 Å². The fourth-order valence-electron chi connectivity index (χ4n) is 3.82. The molecule has 0 saturated heterocycles. The average molecular weight is 455 g/mol. The Morgan fingerprint density at radius 2 is 1.59 bits per heavy atom. The summed E-state index contributed by atoms with van der Waals surface area (Å²) in [5, 5.41) is 8.88. The largest absolute Gasteiger partial charge is 0.397 e. The number of ketones is 1. The van der Waals surface area contributed by atoms with Gasteiger partial charge in [-0.05, 0) is 61.5 Å². The Balaban J connectivity index is 1.54. The highest BCUT2D eigenvalue weighted by Gasteiger charge is 2.27. The van der Waals surface area contributed by atoms with Crippen LogP contribution >= 0.6 is 0 Å². The number of fused-ring (bicyclic) bond motifs is 1. The second-order valence-corrected chi connectivity index (χ2v) is 8.48. The molecule has 3 aromatic carbocycles. The molecule has 0 radical (unpaired) electrons. The van der Waals surface area contributed by atoms with E-state index in [-0.39, 0.29) is 23.5 Å². The number of para-hydroxylation sites is 2. The van der Waals surface area contributed by atoms with Gasteiger partial charge in [-0.15, -0.1) is 0 Å². The van der Waals surface area contributed by atoms with Gasteiger partial charge in [0, 0.05) is 39.7 Å². The highest BCUT2D eigenvalue weighted by Crippen LogP contribution is 2.35. The van der Waals surface area contributed by atoms with Gasteiger partial charge < -0.3 is 21.7 Å². The average Bonchev–Trinajstić information content (AvgIpc) is 3.15. The minimum absolute atomic E-state index is 0.0261. The summed E-state index contributed by atoms with van der Waals surface area (Å²) >= 11 is 0. The lowest BCUT2D eigenvalue weighted by molar-refractivity contribution is -0.110. The first-order chi connectivity index (χ1) is 16.2. The van der Waals surface area contributed by atoms with Gasteiger partial charge in [0.15, 0.2) is 5.78 Å². The Morgan fingerprint density at radius 3 is 2.26 bits per heavy atom. The quantitative estimate of drug-likeness (QED) is 0.234. The second-order valence-electron chi connectivity index (χ2n) is 8.48. The van der Waals surface area contributed by atoms with Crippen molar-refractivity contribution < 1.29 is 14.4 Å². The van der Waals surface area contributed by atoms with Gasteiger partial charge in [0.05, 0.1) is 16.9 Å². The van der Waals surface area contributed by atoms with E-state index in [1.54, 1.807) is 73.7 Å². The molecule has 5 N–H and O–H groups in total. The second kappa shape index (κ2) is 9.23. The Labute approximate surface area is 198 Å². The molecule has 0 fully saturated rings. The van der Waals surface area contributed by atoms with E-state index >= 15 is 0 Å². The molecule has 0 aliphatic carbocycles. The maximum Gasteiger partial charge on any atom is 0.258 e. The van der Waals surface area contributed by atoms with E-state index in [1.807, 2.05) is 13.8 Å². The summed E-state index contributed by atoms with van der Waals surface area (Å²) in [5.74, 6) is -0.612. The van der Waals surface area contributed by atoms with Gasteiger partial charge in [-0.3, -0.25) is 14.4 Å². The van der Waals surface area contributed by atoms with Crippen molar-refractivity contribution in [2.75, 3.05) is 21.7 Å². The number of anilines is 4. The topological polar surface area (TPSA) is 113 Å². The number of hydrogen-bond donors (Lipinski definition) is 4. The lowest BCUT2D eigenvalue weighted by atomic mass is 9.96. The SMILES string of the molecule is CC(Nc1ccc(C(=O)Nc2ccccc2N)cc1)=C1C(=O)Nc2ccc(C(=O)C(C)C)cc21. The smallest absolute Gasteiger partial charge is 0.258 e. The number of allylic oxidation sites excluding steroid dienone is 1. The van der Waals surface area contributed by atoms with Gasteiger partial charge in [0.2, 0.25) is 0 Å². The minimum atomic E-state index is -0.272. The third kappa shape index (κ3) is 4.54. The predicted molar refractivity (Wildman–Crippen MR) is 136 cm³/mol. The molecule has 0 aromatic heterocycles.